The van der Waals surface area contributed by atoms with E-state index in [0.717, 1.165) is 29.7 Å². The van der Waals surface area contributed by atoms with E-state index in [1.807, 2.05) is 0 Å². The number of carbonyl (C=O) groups excluding carboxylic acids is 1. The molecular formula is C15H14F2N2O2S. The van der Waals surface area contributed by atoms with Gasteiger partial charge in [-0.25, -0.2) is 8.78 Å². The lowest BCUT2D eigenvalue weighted by Gasteiger charge is -2.25. The Bertz CT molecular complexity index is 719. The average molecular weight is 324 g/mol. The highest BCUT2D eigenvalue weighted by Crippen LogP contribution is 2.35. The molecule has 0 aliphatic carbocycles. The number of carbonyl (C=O) groups is 1. The number of aromatic nitrogens is 1. The number of hydrogen-bond acceptors (Lipinski definition) is 4. The number of aryl methyl sites for hydroxylation is 1. The van der Waals surface area contributed by atoms with Crippen molar-refractivity contribution in [3.63, 3.8) is 0 Å². The van der Waals surface area contributed by atoms with Crippen molar-refractivity contribution in [2.45, 2.75) is 25.5 Å². The van der Waals surface area contributed by atoms with Crippen LogP contribution < -0.4 is 0 Å². The molecule has 2 heterocycles. The lowest BCUT2D eigenvalue weighted by atomic mass is 10.0. The third-order valence-electron chi connectivity index (χ3n) is 3.84. The highest BCUT2D eigenvalue weighted by atomic mass is 32.1. The first-order chi connectivity index (χ1) is 10.5. The van der Waals surface area contributed by atoms with Crippen molar-refractivity contribution in [1.82, 2.24) is 9.27 Å². The number of aliphatic hydroxyl groups excluding tert-OH is 1. The standard InChI is InChI=1S/C15H14F2N2O2S/c1-8-12(7-22-18-8)15(21)19-6-10(20)5-14(19)11-4-9(16)2-3-13(11)17/h2-4,7,10,14,20H,5-6H2,1H3. The minimum absolute atomic E-state index is 0.0886. The van der Waals surface area contributed by atoms with E-state index in [1.165, 1.54) is 4.90 Å². The van der Waals surface area contributed by atoms with E-state index >= 15 is 0 Å². The molecule has 7 heteroatoms. The largest absolute Gasteiger partial charge is 0.391 e. The first kappa shape index (κ1) is 15.1. The zero-order valence-corrected chi connectivity index (χ0v) is 12.6. The van der Waals surface area contributed by atoms with E-state index in [-0.39, 0.29) is 24.4 Å². The van der Waals surface area contributed by atoms with Crippen molar-refractivity contribution < 1.29 is 18.7 Å². The van der Waals surface area contributed by atoms with Crippen LogP contribution in [0, 0.1) is 18.6 Å². The smallest absolute Gasteiger partial charge is 0.257 e. The van der Waals surface area contributed by atoms with Gasteiger partial charge in [-0.15, -0.1) is 0 Å². The van der Waals surface area contributed by atoms with Crippen molar-refractivity contribution in [2.75, 3.05) is 6.54 Å². The molecule has 116 valence electrons. The van der Waals surface area contributed by atoms with Gasteiger partial charge in [0.2, 0.25) is 0 Å². The summed E-state index contributed by atoms with van der Waals surface area (Å²) in [6.45, 7) is 1.81. The fraction of sp³-hybridized carbons (Fsp3) is 0.333. The quantitative estimate of drug-likeness (QED) is 0.924. The maximum absolute atomic E-state index is 14.0. The molecular weight excluding hydrogens is 310 g/mol. The molecule has 0 saturated carbocycles. The summed E-state index contributed by atoms with van der Waals surface area (Å²) in [6.07, 6.45) is -0.577. The summed E-state index contributed by atoms with van der Waals surface area (Å²) in [5.41, 5.74) is 1.11. The van der Waals surface area contributed by atoms with Gasteiger partial charge in [-0.1, -0.05) is 0 Å². The summed E-state index contributed by atoms with van der Waals surface area (Å²) in [5.74, 6) is -1.48. The van der Waals surface area contributed by atoms with Crippen LogP contribution in [0.25, 0.3) is 0 Å². The zero-order valence-electron chi connectivity index (χ0n) is 11.8. The van der Waals surface area contributed by atoms with Crippen LogP contribution in [0.5, 0.6) is 0 Å². The Labute approximate surface area is 130 Å². The highest BCUT2D eigenvalue weighted by Gasteiger charge is 2.37. The van der Waals surface area contributed by atoms with E-state index in [4.69, 9.17) is 0 Å². The second-order valence-electron chi connectivity index (χ2n) is 5.34. The van der Waals surface area contributed by atoms with Crippen LogP contribution in [-0.4, -0.2) is 32.9 Å². The van der Waals surface area contributed by atoms with Crippen molar-refractivity contribution in [3.05, 3.63) is 52.0 Å². The number of rotatable bonds is 2. The van der Waals surface area contributed by atoms with Gasteiger partial charge in [0.1, 0.15) is 11.6 Å². The van der Waals surface area contributed by atoms with Crippen LogP contribution in [0.3, 0.4) is 0 Å². The summed E-state index contributed by atoms with van der Waals surface area (Å²) in [4.78, 5) is 14.0. The second-order valence-corrected chi connectivity index (χ2v) is 5.97. The predicted molar refractivity (Wildman–Crippen MR) is 77.6 cm³/mol. The first-order valence-electron chi connectivity index (χ1n) is 6.82. The zero-order chi connectivity index (χ0) is 15.9. The van der Waals surface area contributed by atoms with Crippen molar-refractivity contribution in [2.24, 2.45) is 0 Å². The molecule has 1 amide bonds. The third-order valence-corrected chi connectivity index (χ3v) is 4.56. The maximum atomic E-state index is 14.0. The monoisotopic (exact) mass is 324 g/mol. The maximum Gasteiger partial charge on any atom is 0.257 e. The van der Waals surface area contributed by atoms with Gasteiger partial charge in [-0.3, -0.25) is 4.79 Å². The molecule has 1 N–H and O–H groups in total. The minimum Gasteiger partial charge on any atom is -0.391 e. The molecule has 1 aliphatic rings. The molecule has 1 fully saturated rings. The number of benzene rings is 1. The van der Waals surface area contributed by atoms with Gasteiger partial charge in [0.05, 0.1) is 23.4 Å². The molecule has 2 unspecified atom stereocenters. The fourth-order valence-electron chi connectivity index (χ4n) is 2.76. The average Bonchev–Trinajstić information content (AvgIpc) is 3.07. The Morgan fingerprint density at radius 3 is 2.91 bits per heavy atom. The molecule has 1 aromatic heterocycles. The Kier molecular flexibility index (Phi) is 3.92. The van der Waals surface area contributed by atoms with Crippen molar-refractivity contribution in [1.29, 1.82) is 0 Å². The minimum atomic E-state index is -0.761. The summed E-state index contributed by atoms with van der Waals surface area (Å²) >= 11 is 1.16. The number of amides is 1. The number of likely N-dealkylation sites (tertiary alicyclic amines) is 1. The lowest BCUT2D eigenvalue weighted by molar-refractivity contribution is 0.0713. The van der Waals surface area contributed by atoms with Gasteiger partial charge in [0.25, 0.3) is 5.91 Å². The van der Waals surface area contributed by atoms with Crippen LogP contribution in [0.1, 0.15) is 34.1 Å². The van der Waals surface area contributed by atoms with E-state index < -0.39 is 23.8 Å². The van der Waals surface area contributed by atoms with Gasteiger partial charge in [-0.05, 0) is 43.1 Å². The summed E-state index contributed by atoms with van der Waals surface area (Å²) < 4.78 is 31.5. The van der Waals surface area contributed by atoms with Gasteiger partial charge in [-0.2, -0.15) is 4.37 Å². The summed E-state index contributed by atoms with van der Waals surface area (Å²) in [7, 11) is 0. The van der Waals surface area contributed by atoms with Gasteiger partial charge in [0, 0.05) is 17.5 Å². The van der Waals surface area contributed by atoms with E-state index in [1.54, 1.807) is 12.3 Å². The Hall–Kier alpha value is -1.86. The fourth-order valence-corrected chi connectivity index (χ4v) is 3.44. The molecule has 1 aromatic carbocycles. The molecule has 4 nitrogen and oxygen atoms in total. The molecule has 2 atom stereocenters. The highest BCUT2D eigenvalue weighted by molar-refractivity contribution is 7.03. The van der Waals surface area contributed by atoms with Crippen LogP contribution in [0.2, 0.25) is 0 Å². The molecule has 0 radical (unpaired) electrons. The lowest BCUT2D eigenvalue weighted by Crippen LogP contribution is -2.32. The van der Waals surface area contributed by atoms with Crippen molar-refractivity contribution in [3.8, 4) is 0 Å². The number of nitrogens with zero attached hydrogens (tertiary/aromatic N) is 2. The number of β-amino-alcohol motifs (C(OH)–C–C–N with tert-alkyl or cyclic N) is 1. The van der Waals surface area contributed by atoms with Gasteiger partial charge < -0.3 is 10.0 Å². The van der Waals surface area contributed by atoms with Crippen molar-refractivity contribution >= 4 is 17.4 Å². The summed E-state index contributed by atoms with van der Waals surface area (Å²) in [6, 6.07) is 2.47. The SMILES string of the molecule is Cc1nscc1C(=O)N1CC(O)CC1c1cc(F)ccc1F. The Morgan fingerprint density at radius 1 is 1.45 bits per heavy atom. The molecule has 0 bridgehead atoms. The molecule has 0 spiro atoms. The normalized spacial score (nSPS) is 21.4. The number of hydrogen-bond donors (Lipinski definition) is 1. The molecule has 3 rings (SSSR count). The first-order valence-corrected chi connectivity index (χ1v) is 7.66. The molecule has 1 aliphatic heterocycles. The van der Waals surface area contributed by atoms with Crippen LogP contribution in [0.4, 0.5) is 8.78 Å². The number of halogens is 2. The second kappa shape index (κ2) is 5.73. The third kappa shape index (κ3) is 2.62. The van der Waals surface area contributed by atoms with Crippen LogP contribution >= 0.6 is 11.5 Å². The van der Waals surface area contributed by atoms with Crippen LogP contribution in [-0.2, 0) is 0 Å². The predicted octanol–water partition coefficient (Wildman–Crippen LogP) is 2.68. The van der Waals surface area contributed by atoms with Gasteiger partial charge >= 0.3 is 0 Å². The molecule has 22 heavy (non-hydrogen) atoms. The summed E-state index contributed by atoms with van der Waals surface area (Å²) in [5, 5.41) is 11.5. The van der Waals surface area contributed by atoms with E-state index in [9.17, 15) is 18.7 Å². The topological polar surface area (TPSA) is 53.4 Å². The Balaban J connectivity index is 1.98. The van der Waals surface area contributed by atoms with E-state index in [0.29, 0.717) is 11.3 Å². The molecule has 1 saturated heterocycles. The Morgan fingerprint density at radius 2 is 2.23 bits per heavy atom. The number of aliphatic hydroxyl groups is 1. The molecule has 2 aromatic rings. The van der Waals surface area contributed by atoms with Gasteiger partial charge in [0.15, 0.2) is 0 Å². The van der Waals surface area contributed by atoms with Crippen LogP contribution in [0.15, 0.2) is 23.6 Å². The van der Waals surface area contributed by atoms with E-state index in [2.05, 4.69) is 4.37 Å².